The number of halogens is 2. The summed E-state index contributed by atoms with van der Waals surface area (Å²) in [6.07, 6.45) is 1.66. The van der Waals surface area contributed by atoms with Gasteiger partial charge >= 0.3 is 0 Å². The number of hydrogen-bond acceptors (Lipinski definition) is 1. The molecule has 1 heterocycles. The van der Waals surface area contributed by atoms with E-state index in [4.69, 9.17) is 23.2 Å². The fraction of sp³-hybridized carbons (Fsp3) is 0. The first-order chi connectivity index (χ1) is 9.65. The summed E-state index contributed by atoms with van der Waals surface area (Å²) in [7, 11) is 0. The Morgan fingerprint density at radius 3 is 2.70 bits per heavy atom. The molecule has 0 atom stereocenters. The van der Waals surface area contributed by atoms with Crippen molar-refractivity contribution < 1.29 is 4.79 Å². The minimum Gasteiger partial charge on any atom is -0.360 e. The molecule has 0 bridgehead atoms. The normalized spacial score (nSPS) is 10.7. The molecule has 1 amide bonds. The van der Waals surface area contributed by atoms with Crippen LogP contribution in [-0.2, 0) is 0 Å². The predicted octanol–water partition coefficient (Wildman–Crippen LogP) is 4.73. The second-order valence-corrected chi connectivity index (χ2v) is 5.17. The van der Waals surface area contributed by atoms with Crippen molar-refractivity contribution in [2.24, 2.45) is 0 Å². The first kappa shape index (κ1) is 13.0. The molecule has 100 valence electrons. The lowest BCUT2D eigenvalue weighted by molar-refractivity contribution is 0.102. The van der Waals surface area contributed by atoms with Crippen LogP contribution in [0.3, 0.4) is 0 Å². The lowest BCUT2D eigenvalue weighted by Gasteiger charge is -2.06. The maximum Gasteiger partial charge on any atom is 0.257 e. The van der Waals surface area contributed by atoms with Gasteiger partial charge in [0.1, 0.15) is 0 Å². The third-order valence-electron chi connectivity index (χ3n) is 3.01. The molecule has 0 aliphatic rings. The van der Waals surface area contributed by atoms with Crippen molar-refractivity contribution in [3.8, 4) is 0 Å². The zero-order valence-corrected chi connectivity index (χ0v) is 11.8. The van der Waals surface area contributed by atoms with Crippen molar-refractivity contribution in [1.82, 2.24) is 4.98 Å². The number of carbonyl (C=O) groups excluding carboxylic acids is 1. The highest BCUT2D eigenvalue weighted by atomic mass is 35.5. The first-order valence-electron chi connectivity index (χ1n) is 5.97. The maximum atomic E-state index is 12.3. The average Bonchev–Trinajstić information content (AvgIpc) is 2.84. The molecule has 0 radical (unpaired) electrons. The number of para-hydroxylation sites is 1. The lowest BCUT2D eigenvalue weighted by Crippen LogP contribution is -2.11. The molecule has 0 saturated heterocycles. The highest BCUT2D eigenvalue weighted by molar-refractivity contribution is 6.34. The van der Waals surface area contributed by atoms with E-state index in [1.54, 1.807) is 30.5 Å². The molecule has 0 fully saturated rings. The summed E-state index contributed by atoms with van der Waals surface area (Å²) in [5.74, 6) is -0.230. The van der Waals surface area contributed by atoms with Crippen LogP contribution in [0, 0.1) is 0 Å². The van der Waals surface area contributed by atoms with E-state index in [9.17, 15) is 4.79 Å². The van der Waals surface area contributed by atoms with Crippen molar-refractivity contribution in [3.63, 3.8) is 0 Å². The van der Waals surface area contributed by atoms with Gasteiger partial charge < -0.3 is 10.3 Å². The van der Waals surface area contributed by atoms with Crippen LogP contribution < -0.4 is 5.32 Å². The molecule has 0 spiro atoms. The van der Waals surface area contributed by atoms with Crippen molar-refractivity contribution in [1.29, 1.82) is 0 Å². The highest BCUT2D eigenvalue weighted by Crippen LogP contribution is 2.25. The standard InChI is InChI=1S/C15H10Cl2N2O/c16-9-5-6-13-10(7-9)11(8-18-13)15(20)19-14-4-2-1-3-12(14)17/h1-8,18H,(H,19,20). The lowest BCUT2D eigenvalue weighted by atomic mass is 10.1. The number of benzene rings is 2. The number of H-pyrrole nitrogens is 1. The fourth-order valence-electron chi connectivity index (χ4n) is 2.03. The van der Waals surface area contributed by atoms with E-state index in [0.29, 0.717) is 21.3 Å². The number of rotatable bonds is 2. The molecular formula is C15H10Cl2N2O. The number of fused-ring (bicyclic) bond motifs is 1. The zero-order valence-electron chi connectivity index (χ0n) is 10.3. The maximum absolute atomic E-state index is 12.3. The van der Waals surface area contributed by atoms with Gasteiger partial charge in [-0.05, 0) is 30.3 Å². The largest absolute Gasteiger partial charge is 0.360 e. The minimum atomic E-state index is -0.230. The van der Waals surface area contributed by atoms with Gasteiger partial charge in [0.15, 0.2) is 0 Å². The van der Waals surface area contributed by atoms with Gasteiger partial charge in [-0.3, -0.25) is 4.79 Å². The Hall–Kier alpha value is -1.97. The van der Waals surface area contributed by atoms with E-state index in [1.807, 2.05) is 18.2 Å². The van der Waals surface area contributed by atoms with Gasteiger partial charge in [0.25, 0.3) is 5.91 Å². The van der Waals surface area contributed by atoms with Crippen molar-refractivity contribution in [2.45, 2.75) is 0 Å². The molecular weight excluding hydrogens is 295 g/mol. The van der Waals surface area contributed by atoms with Crippen molar-refractivity contribution >= 4 is 45.7 Å². The number of nitrogens with one attached hydrogen (secondary N) is 2. The fourth-order valence-corrected chi connectivity index (χ4v) is 2.39. The summed E-state index contributed by atoms with van der Waals surface area (Å²) in [6, 6.07) is 12.5. The molecule has 20 heavy (non-hydrogen) atoms. The molecule has 0 aliphatic heterocycles. The number of hydrogen-bond donors (Lipinski definition) is 2. The summed E-state index contributed by atoms with van der Waals surface area (Å²) >= 11 is 12.0. The van der Waals surface area contributed by atoms with Gasteiger partial charge in [-0.15, -0.1) is 0 Å². The van der Waals surface area contributed by atoms with E-state index in [0.717, 1.165) is 10.9 Å². The molecule has 2 N–H and O–H groups in total. The highest BCUT2D eigenvalue weighted by Gasteiger charge is 2.13. The van der Waals surface area contributed by atoms with E-state index in [2.05, 4.69) is 10.3 Å². The summed E-state index contributed by atoms with van der Waals surface area (Å²) in [6.45, 7) is 0. The molecule has 1 aromatic heterocycles. The number of amides is 1. The van der Waals surface area contributed by atoms with Crippen LogP contribution in [0.1, 0.15) is 10.4 Å². The molecule has 2 aromatic carbocycles. The van der Waals surface area contributed by atoms with E-state index in [-0.39, 0.29) is 5.91 Å². The molecule has 3 aromatic rings. The molecule has 5 heteroatoms. The van der Waals surface area contributed by atoms with Crippen LogP contribution in [-0.4, -0.2) is 10.9 Å². The van der Waals surface area contributed by atoms with E-state index >= 15 is 0 Å². The van der Waals surface area contributed by atoms with E-state index in [1.165, 1.54) is 0 Å². The Morgan fingerprint density at radius 2 is 1.90 bits per heavy atom. The predicted molar refractivity (Wildman–Crippen MR) is 82.7 cm³/mol. The Labute approximate surface area is 125 Å². The average molecular weight is 305 g/mol. The van der Waals surface area contributed by atoms with Crippen LogP contribution in [0.5, 0.6) is 0 Å². The Kier molecular flexibility index (Phi) is 3.38. The quantitative estimate of drug-likeness (QED) is 0.706. The second kappa shape index (κ2) is 5.19. The van der Waals surface area contributed by atoms with Gasteiger partial charge in [0.2, 0.25) is 0 Å². The van der Waals surface area contributed by atoms with Gasteiger partial charge in [0.05, 0.1) is 16.3 Å². The SMILES string of the molecule is O=C(Nc1ccccc1Cl)c1c[nH]c2ccc(Cl)cc12. The van der Waals surface area contributed by atoms with Crippen molar-refractivity contribution in [3.05, 3.63) is 64.3 Å². The monoisotopic (exact) mass is 304 g/mol. The Bertz CT molecular complexity index is 795. The molecule has 0 saturated carbocycles. The third-order valence-corrected chi connectivity index (χ3v) is 3.58. The van der Waals surface area contributed by atoms with Gasteiger partial charge in [-0.25, -0.2) is 0 Å². The van der Waals surface area contributed by atoms with Crippen LogP contribution in [0.2, 0.25) is 10.0 Å². The van der Waals surface area contributed by atoms with Gasteiger partial charge in [-0.2, -0.15) is 0 Å². The topological polar surface area (TPSA) is 44.9 Å². The number of carbonyl (C=O) groups is 1. The Morgan fingerprint density at radius 1 is 1.10 bits per heavy atom. The van der Waals surface area contributed by atoms with Crippen LogP contribution in [0.25, 0.3) is 10.9 Å². The number of aromatic nitrogens is 1. The van der Waals surface area contributed by atoms with Crippen LogP contribution >= 0.6 is 23.2 Å². The molecule has 3 rings (SSSR count). The number of aromatic amines is 1. The second-order valence-electron chi connectivity index (χ2n) is 4.33. The minimum absolute atomic E-state index is 0.230. The first-order valence-corrected chi connectivity index (χ1v) is 6.73. The summed E-state index contributed by atoms with van der Waals surface area (Å²) in [5, 5.41) is 4.66. The summed E-state index contributed by atoms with van der Waals surface area (Å²) < 4.78 is 0. The van der Waals surface area contributed by atoms with Crippen LogP contribution in [0.15, 0.2) is 48.7 Å². The zero-order chi connectivity index (χ0) is 14.1. The van der Waals surface area contributed by atoms with Crippen molar-refractivity contribution in [2.75, 3.05) is 5.32 Å². The van der Waals surface area contributed by atoms with Crippen LogP contribution in [0.4, 0.5) is 5.69 Å². The van der Waals surface area contributed by atoms with E-state index < -0.39 is 0 Å². The number of anilines is 1. The summed E-state index contributed by atoms with van der Waals surface area (Å²) in [5.41, 5.74) is 1.97. The molecule has 0 aliphatic carbocycles. The van der Waals surface area contributed by atoms with Gasteiger partial charge in [0, 0.05) is 22.1 Å². The summed E-state index contributed by atoms with van der Waals surface area (Å²) in [4.78, 5) is 15.4. The van der Waals surface area contributed by atoms with Gasteiger partial charge in [-0.1, -0.05) is 35.3 Å². The Balaban J connectivity index is 1.97. The third kappa shape index (κ3) is 2.38. The molecule has 0 unspecified atom stereocenters. The smallest absolute Gasteiger partial charge is 0.257 e. The molecule has 3 nitrogen and oxygen atoms in total.